The molecule has 2 aromatic carbocycles. The molecule has 0 aliphatic carbocycles. The fourth-order valence-corrected chi connectivity index (χ4v) is 3.70. The van der Waals surface area contributed by atoms with E-state index in [1.54, 1.807) is 18.5 Å². The Hall–Kier alpha value is -3.97. The number of hydrogen-bond donors (Lipinski definition) is 1. The molecule has 0 saturated carbocycles. The number of aromatic nitrogens is 3. The van der Waals surface area contributed by atoms with Crippen LogP contribution < -0.4 is 15.2 Å². The van der Waals surface area contributed by atoms with E-state index in [4.69, 9.17) is 9.47 Å². The third kappa shape index (κ3) is 4.10. The molecule has 0 unspecified atom stereocenters. The van der Waals surface area contributed by atoms with Gasteiger partial charge in [-0.15, -0.1) is 0 Å². The molecule has 0 spiro atoms. The summed E-state index contributed by atoms with van der Waals surface area (Å²) in [6.07, 6.45) is 6.20. The predicted octanol–water partition coefficient (Wildman–Crippen LogP) is 4.68. The number of fused-ring (bicyclic) bond motifs is 1. The summed E-state index contributed by atoms with van der Waals surface area (Å²) in [6.45, 7) is 1.46. The van der Waals surface area contributed by atoms with Gasteiger partial charge in [0.15, 0.2) is 0 Å². The Kier molecular flexibility index (Phi) is 5.39. The Bertz CT molecular complexity index is 1330. The Morgan fingerprint density at radius 3 is 2.50 bits per heavy atom. The second-order valence-corrected chi connectivity index (χ2v) is 7.52. The summed E-state index contributed by atoms with van der Waals surface area (Å²) in [7, 11) is 2.02. The van der Waals surface area contributed by atoms with Gasteiger partial charge in [-0.1, -0.05) is 18.2 Å². The van der Waals surface area contributed by atoms with Crippen molar-refractivity contribution in [3.8, 4) is 11.8 Å². The summed E-state index contributed by atoms with van der Waals surface area (Å²) in [5.74, 6) is 0.579. The second kappa shape index (κ2) is 8.64. The molecule has 3 heterocycles. The number of aromatic amines is 1. The predicted molar refractivity (Wildman–Crippen MR) is 125 cm³/mol. The van der Waals surface area contributed by atoms with Crippen molar-refractivity contribution in [2.24, 2.45) is 0 Å². The zero-order valence-corrected chi connectivity index (χ0v) is 17.6. The van der Waals surface area contributed by atoms with E-state index < -0.39 is 0 Å². The second-order valence-electron chi connectivity index (χ2n) is 7.52. The average molecular weight is 426 g/mol. The lowest BCUT2D eigenvalue weighted by Gasteiger charge is -2.21. The first-order valence-corrected chi connectivity index (χ1v) is 10.4. The van der Waals surface area contributed by atoms with Gasteiger partial charge >= 0.3 is 6.01 Å². The topological polar surface area (TPSA) is 80.3 Å². The maximum atomic E-state index is 12.2. The SMILES string of the molecule is CN(c1ccc(Oc2nc3cnccc3c(=O)[nH]2)cc1)c1ccc(C2=CCOCC2)cc1. The molecule has 7 nitrogen and oxygen atoms in total. The van der Waals surface area contributed by atoms with E-state index >= 15 is 0 Å². The Balaban J connectivity index is 1.31. The van der Waals surface area contributed by atoms with Gasteiger partial charge in [-0.2, -0.15) is 4.98 Å². The van der Waals surface area contributed by atoms with Crippen molar-refractivity contribution in [2.75, 3.05) is 25.2 Å². The molecule has 0 atom stereocenters. The van der Waals surface area contributed by atoms with Gasteiger partial charge in [0.2, 0.25) is 0 Å². The van der Waals surface area contributed by atoms with Crippen LogP contribution in [0.15, 0.2) is 77.9 Å². The molecule has 0 saturated heterocycles. The minimum Gasteiger partial charge on any atom is -0.426 e. The first kappa shape index (κ1) is 20.0. The first-order chi connectivity index (χ1) is 15.7. The third-order valence-electron chi connectivity index (χ3n) is 5.51. The minimum atomic E-state index is -0.260. The van der Waals surface area contributed by atoms with Crippen LogP contribution in [0.1, 0.15) is 12.0 Å². The van der Waals surface area contributed by atoms with E-state index in [9.17, 15) is 4.79 Å². The highest BCUT2D eigenvalue weighted by atomic mass is 16.5. The van der Waals surface area contributed by atoms with Gasteiger partial charge in [0.1, 0.15) is 5.75 Å². The molecule has 0 amide bonds. The van der Waals surface area contributed by atoms with Crippen LogP contribution >= 0.6 is 0 Å². The lowest BCUT2D eigenvalue weighted by Crippen LogP contribution is -2.10. The third-order valence-corrected chi connectivity index (χ3v) is 5.51. The number of benzene rings is 2. The minimum absolute atomic E-state index is 0.134. The van der Waals surface area contributed by atoms with Crippen LogP contribution in [-0.2, 0) is 4.74 Å². The molecule has 0 bridgehead atoms. The standard InChI is InChI=1S/C25H22N4O3/c1-29(19-4-2-17(3-5-19)18-11-14-31-15-12-18)20-6-8-21(9-7-20)32-25-27-23-16-26-13-10-22(23)24(30)28-25/h2-11,13,16H,12,14-15H2,1H3,(H,27,28,30). The monoisotopic (exact) mass is 426 g/mol. The molecule has 1 aliphatic rings. The molecule has 1 aliphatic heterocycles. The number of ether oxygens (including phenoxy) is 2. The molecule has 0 radical (unpaired) electrons. The fraction of sp³-hybridized carbons (Fsp3) is 0.160. The van der Waals surface area contributed by atoms with Crippen molar-refractivity contribution >= 4 is 27.9 Å². The lowest BCUT2D eigenvalue weighted by atomic mass is 10.0. The van der Waals surface area contributed by atoms with Crippen molar-refractivity contribution in [3.63, 3.8) is 0 Å². The zero-order chi connectivity index (χ0) is 21.9. The summed E-state index contributed by atoms with van der Waals surface area (Å²) in [6, 6.07) is 17.9. The smallest absolute Gasteiger partial charge is 0.302 e. The van der Waals surface area contributed by atoms with E-state index in [0.29, 0.717) is 23.3 Å². The lowest BCUT2D eigenvalue weighted by molar-refractivity contribution is 0.161. The molecule has 32 heavy (non-hydrogen) atoms. The summed E-state index contributed by atoms with van der Waals surface area (Å²) < 4.78 is 11.2. The molecular formula is C25H22N4O3. The Morgan fingerprint density at radius 2 is 1.78 bits per heavy atom. The largest absolute Gasteiger partial charge is 0.426 e. The number of hydrogen-bond acceptors (Lipinski definition) is 6. The molecule has 0 fully saturated rings. The first-order valence-electron chi connectivity index (χ1n) is 10.4. The molecular weight excluding hydrogens is 404 g/mol. The van der Waals surface area contributed by atoms with Gasteiger partial charge in [0.25, 0.3) is 5.56 Å². The van der Waals surface area contributed by atoms with Crippen LogP contribution in [0, 0.1) is 0 Å². The molecule has 5 rings (SSSR count). The number of anilines is 2. The molecule has 7 heteroatoms. The highest BCUT2D eigenvalue weighted by molar-refractivity contribution is 5.76. The maximum Gasteiger partial charge on any atom is 0.302 e. The van der Waals surface area contributed by atoms with E-state index in [1.165, 1.54) is 11.1 Å². The summed E-state index contributed by atoms with van der Waals surface area (Å²) in [4.78, 5) is 25.3. The van der Waals surface area contributed by atoms with E-state index in [-0.39, 0.29) is 11.6 Å². The van der Waals surface area contributed by atoms with Gasteiger partial charge in [0.05, 0.1) is 30.3 Å². The molecule has 160 valence electrons. The fourth-order valence-electron chi connectivity index (χ4n) is 3.70. The van der Waals surface area contributed by atoms with E-state index in [2.05, 4.69) is 50.2 Å². The van der Waals surface area contributed by atoms with Crippen LogP contribution in [0.2, 0.25) is 0 Å². The van der Waals surface area contributed by atoms with Crippen LogP contribution in [0.25, 0.3) is 16.5 Å². The van der Waals surface area contributed by atoms with Gasteiger partial charge in [-0.3, -0.25) is 14.8 Å². The van der Waals surface area contributed by atoms with Crippen LogP contribution in [0.4, 0.5) is 11.4 Å². The maximum absolute atomic E-state index is 12.2. The molecule has 1 N–H and O–H groups in total. The van der Waals surface area contributed by atoms with Crippen molar-refractivity contribution < 1.29 is 9.47 Å². The van der Waals surface area contributed by atoms with Crippen LogP contribution in [0.3, 0.4) is 0 Å². The highest BCUT2D eigenvalue weighted by Crippen LogP contribution is 2.29. The summed E-state index contributed by atoms with van der Waals surface area (Å²) in [5, 5.41) is 0.475. The normalized spacial score (nSPS) is 13.6. The highest BCUT2D eigenvalue weighted by Gasteiger charge is 2.10. The van der Waals surface area contributed by atoms with Gasteiger partial charge in [-0.05, 0) is 60.0 Å². The van der Waals surface area contributed by atoms with Crippen molar-refractivity contribution in [3.05, 3.63) is 89.0 Å². The van der Waals surface area contributed by atoms with Crippen LogP contribution in [-0.4, -0.2) is 35.2 Å². The van der Waals surface area contributed by atoms with Gasteiger partial charge in [-0.25, -0.2) is 0 Å². The molecule has 2 aromatic heterocycles. The number of rotatable bonds is 5. The van der Waals surface area contributed by atoms with Crippen molar-refractivity contribution in [1.29, 1.82) is 0 Å². The quantitative estimate of drug-likeness (QED) is 0.499. The van der Waals surface area contributed by atoms with E-state index in [1.807, 2.05) is 31.3 Å². The number of nitrogens with one attached hydrogen (secondary N) is 1. The number of H-pyrrole nitrogens is 1. The summed E-state index contributed by atoms with van der Waals surface area (Å²) >= 11 is 0. The van der Waals surface area contributed by atoms with Gasteiger partial charge in [0, 0.05) is 24.6 Å². The van der Waals surface area contributed by atoms with Crippen LogP contribution in [0.5, 0.6) is 11.8 Å². The zero-order valence-electron chi connectivity index (χ0n) is 17.6. The molecule has 4 aromatic rings. The number of nitrogens with zero attached hydrogens (tertiary/aromatic N) is 3. The van der Waals surface area contributed by atoms with Crippen molar-refractivity contribution in [1.82, 2.24) is 15.0 Å². The van der Waals surface area contributed by atoms with Crippen molar-refractivity contribution in [2.45, 2.75) is 6.42 Å². The Labute approximate surface area is 185 Å². The summed E-state index contributed by atoms with van der Waals surface area (Å²) in [5.41, 5.74) is 4.90. The van der Waals surface area contributed by atoms with Gasteiger partial charge < -0.3 is 14.4 Å². The van der Waals surface area contributed by atoms with E-state index in [0.717, 1.165) is 24.4 Å². The average Bonchev–Trinajstić information content (AvgIpc) is 2.85. The Morgan fingerprint density at radius 1 is 1.03 bits per heavy atom. The number of pyridine rings is 1.